The molecule has 1 heterocycles. The number of carbonyl (C=O) groups excluding carboxylic acids is 2. The molecule has 0 bridgehead atoms. The first-order chi connectivity index (χ1) is 12.5. The molecule has 134 valence electrons. The van der Waals surface area contributed by atoms with E-state index < -0.39 is 12.0 Å². The van der Waals surface area contributed by atoms with Crippen LogP contribution in [-0.2, 0) is 16.6 Å². The summed E-state index contributed by atoms with van der Waals surface area (Å²) in [6, 6.07) is 14.9. The third-order valence-electron chi connectivity index (χ3n) is 4.34. The van der Waals surface area contributed by atoms with Gasteiger partial charge in [-0.15, -0.1) is 0 Å². The van der Waals surface area contributed by atoms with Gasteiger partial charge in [-0.1, -0.05) is 42.5 Å². The molecule has 0 amide bonds. The molecule has 2 aromatic carbocycles. The summed E-state index contributed by atoms with van der Waals surface area (Å²) >= 11 is 0. The Balaban J connectivity index is 2.08. The summed E-state index contributed by atoms with van der Waals surface area (Å²) in [6.45, 7) is 1.87. The molecule has 3 rings (SSSR count). The maximum Gasteiger partial charge on any atom is 0.329 e. The molecule has 1 unspecified atom stereocenters. The summed E-state index contributed by atoms with van der Waals surface area (Å²) in [5, 5.41) is 0. The highest BCUT2D eigenvalue weighted by Gasteiger charge is 2.29. The summed E-state index contributed by atoms with van der Waals surface area (Å²) in [7, 11) is 1.64. The number of nitrogens with zero attached hydrogens (tertiary/aromatic N) is 2. The molecule has 0 spiro atoms. The van der Waals surface area contributed by atoms with Gasteiger partial charge in [-0.2, -0.15) is 0 Å². The van der Waals surface area contributed by atoms with Crippen LogP contribution >= 0.6 is 0 Å². The van der Waals surface area contributed by atoms with Gasteiger partial charge in [0, 0.05) is 19.0 Å². The molecule has 0 fully saturated rings. The molecule has 0 aliphatic carbocycles. The number of aryl methyl sites for hydroxylation is 1. The molecule has 1 atom stereocenters. The van der Waals surface area contributed by atoms with Gasteiger partial charge >= 0.3 is 11.7 Å². The Morgan fingerprint density at radius 1 is 1.00 bits per heavy atom. The van der Waals surface area contributed by atoms with Gasteiger partial charge in [-0.05, 0) is 19.1 Å². The smallest absolute Gasteiger partial charge is 0.329 e. The number of aromatic nitrogens is 2. The van der Waals surface area contributed by atoms with Crippen molar-refractivity contribution in [3.63, 3.8) is 0 Å². The molecule has 6 nitrogen and oxygen atoms in total. The highest BCUT2D eigenvalue weighted by atomic mass is 16.5. The molecule has 0 aliphatic rings. The highest BCUT2D eigenvalue weighted by molar-refractivity contribution is 5.98. The number of carbonyl (C=O) groups is 2. The number of para-hydroxylation sites is 2. The van der Waals surface area contributed by atoms with Gasteiger partial charge < -0.3 is 4.74 Å². The maximum atomic E-state index is 12.8. The van der Waals surface area contributed by atoms with Crippen LogP contribution in [-0.4, -0.2) is 27.5 Å². The summed E-state index contributed by atoms with van der Waals surface area (Å²) in [4.78, 5) is 38.0. The van der Waals surface area contributed by atoms with E-state index in [0.29, 0.717) is 16.6 Å². The van der Waals surface area contributed by atoms with Crippen LogP contribution in [0.1, 0.15) is 29.7 Å². The second-order valence-corrected chi connectivity index (χ2v) is 5.96. The molecule has 1 aromatic heterocycles. The second kappa shape index (κ2) is 7.39. The average molecular weight is 352 g/mol. The van der Waals surface area contributed by atoms with Gasteiger partial charge in [0.15, 0.2) is 5.78 Å². The minimum atomic E-state index is -1.01. The molecular weight excluding hydrogens is 332 g/mol. The number of esters is 1. The number of ether oxygens (including phenoxy) is 1. The van der Waals surface area contributed by atoms with E-state index in [4.69, 9.17) is 4.74 Å². The third-order valence-corrected chi connectivity index (χ3v) is 4.34. The van der Waals surface area contributed by atoms with Crippen molar-refractivity contribution in [2.75, 3.05) is 6.61 Å². The monoisotopic (exact) mass is 352 g/mol. The first-order valence-electron chi connectivity index (χ1n) is 8.45. The van der Waals surface area contributed by atoms with Crippen molar-refractivity contribution in [3.8, 4) is 0 Å². The van der Waals surface area contributed by atoms with Crippen LogP contribution in [0.4, 0.5) is 0 Å². The lowest BCUT2D eigenvalue weighted by Crippen LogP contribution is -2.33. The average Bonchev–Trinajstić information content (AvgIpc) is 2.91. The lowest BCUT2D eigenvalue weighted by Gasteiger charge is -2.16. The van der Waals surface area contributed by atoms with E-state index >= 15 is 0 Å². The number of rotatable bonds is 6. The van der Waals surface area contributed by atoms with E-state index in [0.717, 1.165) is 0 Å². The van der Waals surface area contributed by atoms with Crippen molar-refractivity contribution < 1.29 is 14.3 Å². The number of Topliss-reactive ketones (excluding diaryl/α,β-unsaturated/α-hetero) is 1. The number of imidazole rings is 1. The highest BCUT2D eigenvalue weighted by Crippen LogP contribution is 2.22. The Labute approximate surface area is 150 Å². The molecule has 0 saturated heterocycles. The first kappa shape index (κ1) is 17.7. The van der Waals surface area contributed by atoms with Crippen molar-refractivity contribution in [2.24, 2.45) is 7.05 Å². The van der Waals surface area contributed by atoms with Gasteiger partial charge in [0.05, 0.1) is 17.6 Å². The minimum absolute atomic E-state index is 0.142. The minimum Gasteiger partial charge on any atom is -0.464 e. The van der Waals surface area contributed by atoms with E-state index in [1.54, 1.807) is 56.4 Å². The lowest BCUT2D eigenvalue weighted by atomic mass is 10.0. The largest absolute Gasteiger partial charge is 0.464 e. The van der Waals surface area contributed by atoms with Crippen LogP contribution in [0.3, 0.4) is 0 Å². The third kappa shape index (κ3) is 3.18. The zero-order chi connectivity index (χ0) is 18.7. The molecule has 26 heavy (non-hydrogen) atoms. The van der Waals surface area contributed by atoms with Gasteiger partial charge in [0.1, 0.15) is 6.04 Å². The molecule has 6 heteroatoms. The van der Waals surface area contributed by atoms with E-state index in [-0.39, 0.29) is 24.5 Å². The molecule has 0 saturated carbocycles. The van der Waals surface area contributed by atoms with E-state index in [1.165, 1.54) is 9.13 Å². The van der Waals surface area contributed by atoms with Crippen LogP contribution < -0.4 is 5.69 Å². The van der Waals surface area contributed by atoms with E-state index in [2.05, 4.69) is 0 Å². The Kier molecular flexibility index (Phi) is 5.02. The fourth-order valence-electron chi connectivity index (χ4n) is 3.06. The van der Waals surface area contributed by atoms with Crippen LogP contribution in [0, 0.1) is 0 Å². The lowest BCUT2D eigenvalue weighted by molar-refractivity contribution is -0.147. The Bertz CT molecular complexity index is 1000. The van der Waals surface area contributed by atoms with E-state index in [1.807, 2.05) is 12.1 Å². The molecule has 0 aliphatic heterocycles. The maximum absolute atomic E-state index is 12.8. The van der Waals surface area contributed by atoms with Crippen molar-refractivity contribution in [2.45, 2.75) is 19.4 Å². The Hall–Kier alpha value is -3.15. The molecule has 0 N–H and O–H groups in total. The summed E-state index contributed by atoms with van der Waals surface area (Å²) < 4.78 is 7.97. The van der Waals surface area contributed by atoms with Gasteiger partial charge in [-0.3, -0.25) is 13.9 Å². The van der Waals surface area contributed by atoms with Crippen LogP contribution in [0.5, 0.6) is 0 Å². The van der Waals surface area contributed by atoms with Gasteiger partial charge in [0.2, 0.25) is 0 Å². The summed E-state index contributed by atoms with van der Waals surface area (Å²) in [5.74, 6) is -0.807. The predicted molar refractivity (Wildman–Crippen MR) is 98.2 cm³/mol. The number of benzene rings is 2. The SMILES string of the molecule is CCOC(=O)C(CC(=O)c1ccccc1)n1c(=O)n(C)c2ccccc21. The number of hydrogen-bond acceptors (Lipinski definition) is 4. The zero-order valence-electron chi connectivity index (χ0n) is 14.7. The fraction of sp³-hybridized carbons (Fsp3) is 0.250. The van der Waals surface area contributed by atoms with Crippen LogP contribution in [0.25, 0.3) is 11.0 Å². The van der Waals surface area contributed by atoms with Crippen LogP contribution in [0.2, 0.25) is 0 Å². The second-order valence-electron chi connectivity index (χ2n) is 5.96. The number of ketones is 1. The fourth-order valence-corrected chi connectivity index (χ4v) is 3.06. The quantitative estimate of drug-likeness (QED) is 0.505. The van der Waals surface area contributed by atoms with Crippen LogP contribution in [0.15, 0.2) is 59.4 Å². The summed E-state index contributed by atoms with van der Waals surface area (Å²) in [5.41, 5.74) is 1.43. The molecule has 3 aromatic rings. The zero-order valence-corrected chi connectivity index (χ0v) is 14.7. The normalized spacial score (nSPS) is 12.1. The first-order valence-corrected chi connectivity index (χ1v) is 8.45. The number of fused-ring (bicyclic) bond motifs is 1. The standard InChI is InChI=1S/C20H20N2O4/c1-3-26-19(24)17(13-18(23)14-9-5-4-6-10-14)22-16-12-8-7-11-15(16)21(2)20(22)25/h4-12,17H,3,13H2,1-2H3. The Morgan fingerprint density at radius 2 is 1.62 bits per heavy atom. The van der Waals surface area contributed by atoms with Crippen molar-refractivity contribution in [3.05, 3.63) is 70.6 Å². The predicted octanol–water partition coefficient (Wildman–Crippen LogP) is 2.72. The van der Waals surface area contributed by atoms with Crippen molar-refractivity contribution >= 4 is 22.8 Å². The topological polar surface area (TPSA) is 70.3 Å². The van der Waals surface area contributed by atoms with Crippen molar-refractivity contribution in [1.82, 2.24) is 9.13 Å². The Morgan fingerprint density at radius 3 is 2.27 bits per heavy atom. The molecular formula is C20H20N2O4. The summed E-state index contributed by atoms with van der Waals surface area (Å²) in [6.07, 6.45) is -0.142. The van der Waals surface area contributed by atoms with E-state index in [9.17, 15) is 14.4 Å². The van der Waals surface area contributed by atoms with Gasteiger partial charge in [-0.25, -0.2) is 9.59 Å². The van der Waals surface area contributed by atoms with Crippen molar-refractivity contribution in [1.29, 1.82) is 0 Å². The van der Waals surface area contributed by atoms with Gasteiger partial charge in [0.25, 0.3) is 0 Å². The molecule has 0 radical (unpaired) electrons. The number of hydrogen-bond donors (Lipinski definition) is 0.